The number of carbonyl (C=O) groups excluding carboxylic acids is 2. The molecule has 3 aromatic rings. The highest BCUT2D eigenvalue weighted by Crippen LogP contribution is 2.20. The van der Waals surface area contributed by atoms with Gasteiger partial charge in [-0.1, -0.05) is 66.7 Å². The lowest BCUT2D eigenvalue weighted by atomic mass is 10.0. The Morgan fingerprint density at radius 1 is 0.857 bits per heavy atom. The standard InChI is InChI=1S/C28H30F2N2O2S/c1-20(2)31-28(34)26(16-21-10-4-3-5-11-21)32(17-22-12-6-8-14-24(22)29)27(33)19-35-18-23-13-7-9-15-25(23)30/h3-15,20,26H,16-19H2,1-2H3,(H,31,34). The Labute approximate surface area is 209 Å². The molecule has 0 aliphatic heterocycles. The van der Waals surface area contributed by atoms with Crippen LogP contribution in [0.25, 0.3) is 0 Å². The van der Waals surface area contributed by atoms with Gasteiger partial charge in [0.1, 0.15) is 17.7 Å². The van der Waals surface area contributed by atoms with E-state index in [9.17, 15) is 18.4 Å². The number of hydrogen-bond donors (Lipinski definition) is 1. The van der Waals surface area contributed by atoms with Crippen LogP contribution >= 0.6 is 11.8 Å². The molecule has 0 fully saturated rings. The topological polar surface area (TPSA) is 49.4 Å². The molecule has 0 saturated heterocycles. The Kier molecular flexibility index (Phi) is 9.85. The molecule has 0 heterocycles. The summed E-state index contributed by atoms with van der Waals surface area (Å²) in [7, 11) is 0. The summed E-state index contributed by atoms with van der Waals surface area (Å²) in [6, 6.07) is 21.1. The van der Waals surface area contributed by atoms with E-state index in [1.807, 2.05) is 44.2 Å². The lowest BCUT2D eigenvalue weighted by Gasteiger charge is -2.32. The van der Waals surface area contributed by atoms with Crippen LogP contribution in [0.15, 0.2) is 78.9 Å². The molecule has 184 valence electrons. The predicted octanol–water partition coefficient (Wildman–Crippen LogP) is 5.36. The van der Waals surface area contributed by atoms with Gasteiger partial charge >= 0.3 is 0 Å². The molecule has 3 rings (SSSR count). The molecule has 0 saturated carbocycles. The van der Waals surface area contributed by atoms with Crippen molar-refractivity contribution in [1.29, 1.82) is 0 Å². The average Bonchev–Trinajstić information content (AvgIpc) is 2.83. The van der Waals surface area contributed by atoms with Crippen molar-refractivity contribution in [3.63, 3.8) is 0 Å². The maximum absolute atomic E-state index is 14.5. The molecule has 0 aromatic heterocycles. The quantitative estimate of drug-likeness (QED) is 0.389. The third-order valence-electron chi connectivity index (χ3n) is 5.44. The van der Waals surface area contributed by atoms with E-state index < -0.39 is 11.9 Å². The van der Waals surface area contributed by atoms with E-state index in [1.165, 1.54) is 28.8 Å². The van der Waals surface area contributed by atoms with Crippen LogP contribution in [0.5, 0.6) is 0 Å². The number of halogens is 2. The zero-order chi connectivity index (χ0) is 25.2. The van der Waals surface area contributed by atoms with E-state index in [2.05, 4.69) is 5.32 Å². The number of hydrogen-bond acceptors (Lipinski definition) is 3. The summed E-state index contributed by atoms with van der Waals surface area (Å²) in [6.45, 7) is 3.66. The first-order valence-corrected chi connectivity index (χ1v) is 12.7. The van der Waals surface area contributed by atoms with Crippen molar-refractivity contribution in [3.8, 4) is 0 Å². The van der Waals surface area contributed by atoms with Crippen LogP contribution in [0.1, 0.15) is 30.5 Å². The van der Waals surface area contributed by atoms with Gasteiger partial charge in [-0.05, 0) is 37.1 Å². The van der Waals surface area contributed by atoms with Crippen molar-refractivity contribution in [2.24, 2.45) is 0 Å². The summed E-state index contributed by atoms with van der Waals surface area (Å²) in [5.41, 5.74) is 1.72. The fourth-order valence-electron chi connectivity index (χ4n) is 3.69. The Bertz CT molecular complexity index is 1120. The normalized spacial score (nSPS) is 11.8. The molecule has 0 bridgehead atoms. The second-order valence-corrected chi connectivity index (χ2v) is 9.55. The summed E-state index contributed by atoms with van der Waals surface area (Å²) in [4.78, 5) is 28.2. The number of nitrogens with one attached hydrogen (secondary N) is 1. The van der Waals surface area contributed by atoms with E-state index in [-0.39, 0.29) is 42.4 Å². The zero-order valence-corrected chi connectivity index (χ0v) is 20.7. The van der Waals surface area contributed by atoms with Crippen LogP contribution in [0, 0.1) is 11.6 Å². The summed E-state index contributed by atoms with van der Waals surface area (Å²) < 4.78 is 28.5. The molecule has 0 radical (unpaired) electrons. The highest BCUT2D eigenvalue weighted by Gasteiger charge is 2.31. The van der Waals surface area contributed by atoms with Gasteiger partial charge in [0.25, 0.3) is 0 Å². The van der Waals surface area contributed by atoms with E-state index in [0.717, 1.165) is 5.56 Å². The molecule has 0 aliphatic carbocycles. The number of benzene rings is 3. The van der Waals surface area contributed by atoms with E-state index >= 15 is 0 Å². The summed E-state index contributed by atoms with van der Waals surface area (Å²) in [5, 5.41) is 2.91. The first-order chi connectivity index (χ1) is 16.8. The van der Waals surface area contributed by atoms with Gasteiger partial charge in [0.2, 0.25) is 11.8 Å². The first-order valence-electron chi connectivity index (χ1n) is 11.5. The van der Waals surface area contributed by atoms with Crippen molar-refractivity contribution in [2.75, 3.05) is 5.75 Å². The molecule has 35 heavy (non-hydrogen) atoms. The smallest absolute Gasteiger partial charge is 0.243 e. The summed E-state index contributed by atoms with van der Waals surface area (Å²) >= 11 is 1.26. The largest absolute Gasteiger partial charge is 0.352 e. The second-order valence-electron chi connectivity index (χ2n) is 8.57. The van der Waals surface area contributed by atoms with Crippen molar-refractivity contribution in [3.05, 3.63) is 107 Å². The maximum atomic E-state index is 14.5. The lowest BCUT2D eigenvalue weighted by Crippen LogP contribution is -2.52. The minimum atomic E-state index is -0.832. The fraction of sp³-hybridized carbons (Fsp3) is 0.286. The molecule has 1 unspecified atom stereocenters. The number of carbonyl (C=O) groups is 2. The predicted molar refractivity (Wildman–Crippen MR) is 137 cm³/mol. The first kappa shape index (κ1) is 26.4. The molecular weight excluding hydrogens is 466 g/mol. The average molecular weight is 497 g/mol. The van der Waals surface area contributed by atoms with Crippen molar-refractivity contribution >= 4 is 23.6 Å². The lowest BCUT2D eigenvalue weighted by molar-refractivity contribution is -0.139. The van der Waals surface area contributed by atoms with Gasteiger partial charge < -0.3 is 10.2 Å². The van der Waals surface area contributed by atoms with E-state index in [1.54, 1.807) is 36.4 Å². The van der Waals surface area contributed by atoms with Crippen LogP contribution in [0.4, 0.5) is 8.78 Å². The molecule has 3 aromatic carbocycles. The van der Waals surface area contributed by atoms with Crippen LogP contribution < -0.4 is 5.32 Å². The summed E-state index contributed by atoms with van der Waals surface area (Å²) in [5.74, 6) is -1.03. The number of nitrogens with zero attached hydrogens (tertiary/aromatic N) is 1. The highest BCUT2D eigenvalue weighted by atomic mass is 32.2. The molecule has 0 aliphatic rings. The van der Waals surface area contributed by atoms with Gasteiger partial charge in [-0.3, -0.25) is 9.59 Å². The molecule has 7 heteroatoms. The van der Waals surface area contributed by atoms with Crippen LogP contribution in [0.3, 0.4) is 0 Å². The highest BCUT2D eigenvalue weighted by molar-refractivity contribution is 7.99. The van der Waals surface area contributed by atoms with E-state index in [4.69, 9.17) is 0 Å². The van der Waals surface area contributed by atoms with Crippen molar-refractivity contribution in [1.82, 2.24) is 10.2 Å². The maximum Gasteiger partial charge on any atom is 0.243 e. The molecule has 4 nitrogen and oxygen atoms in total. The molecular formula is C28H30F2N2O2S. The van der Waals surface area contributed by atoms with Crippen LogP contribution in [-0.4, -0.2) is 34.6 Å². The molecule has 2 amide bonds. The van der Waals surface area contributed by atoms with Crippen LogP contribution in [0.2, 0.25) is 0 Å². The Morgan fingerprint density at radius 3 is 2.03 bits per heavy atom. The van der Waals surface area contributed by atoms with Gasteiger partial charge in [0, 0.05) is 30.3 Å². The van der Waals surface area contributed by atoms with Crippen LogP contribution in [-0.2, 0) is 28.3 Å². The second kappa shape index (κ2) is 13.0. The SMILES string of the molecule is CC(C)NC(=O)C(Cc1ccccc1)N(Cc1ccccc1F)C(=O)CSCc1ccccc1F. The Balaban J connectivity index is 1.86. The Hall–Kier alpha value is -3.19. The van der Waals surface area contributed by atoms with Crippen molar-refractivity contribution < 1.29 is 18.4 Å². The number of thioether (sulfide) groups is 1. The Morgan fingerprint density at radius 2 is 1.43 bits per heavy atom. The van der Waals surface area contributed by atoms with Gasteiger partial charge in [-0.25, -0.2) is 8.78 Å². The van der Waals surface area contributed by atoms with E-state index in [0.29, 0.717) is 16.9 Å². The molecule has 1 N–H and O–H groups in total. The number of amides is 2. The van der Waals surface area contributed by atoms with Gasteiger partial charge in [-0.2, -0.15) is 0 Å². The zero-order valence-electron chi connectivity index (χ0n) is 19.9. The van der Waals surface area contributed by atoms with Gasteiger partial charge in [-0.15, -0.1) is 11.8 Å². The third kappa shape index (κ3) is 7.92. The fourth-order valence-corrected chi connectivity index (χ4v) is 4.59. The summed E-state index contributed by atoms with van der Waals surface area (Å²) in [6.07, 6.45) is 0.289. The number of rotatable bonds is 11. The van der Waals surface area contributed by atoms with Crippen molar-refractivity contribution in [2.45, 2.75) is 44.6 Å². The molecule has 1 atom stereocenters. The minimum absolute atomic E-state index is 0.0308. The monoisotopic (exact) mass is 496 g/mol. The third-order valence-corrected chi connectivity index (χ3v) is 6.41. The minimum Gasteiger partial charge on any atom is -0.352 e. The molecule has 0 spiro atoms. The van der Waals surface area contributed by atoms with Gasteiger partial charge in [0.05, 0.1) is 5.75 Å². The van der Waals surface area contributed by atoms with Gasteiger partial charge in [0.15, 0.2) is 0 Å².